The van der Waals surface area contributed by atoms with Gasteiger partial charge in [0.15, 0.2) is 5.82 Å². The highest BCUT2D eigenvalue weighted by Crippen LogP contribution is 2.26. The molecule has 0 saturated heterocycles. The quantitative estimate of drug-likeness (QED) is 0.736. The number of halogens is 1. The average molecular weight is 348 g/mol. The van der Waals surface area contributed by atoms with Crippen molar-refractivity contribution >= 4 is 15.9 Å². The molecule has 3 nitrogen and oxygen atoms in total. The van der Waals surface area contributed by atoms with E-state index in [-0.39, 0.29) is 10.8 Å². The van der Waals surface area contributed by atoms with Crippen molar-refractivity contribution in [3.05, 3.63) is 40.4 Å². The second-order valence-corrected chi connectivity index (χ2v) is 8.23. The van der Waals surface area contributed by atoms with Gasteiger partial charge in [-0.1, -0.05) is 69.6 Å². The molecule has 0 amide bonds. The zero-order chi connectivity index (χ0) is 15.8. The largest absolute Gasteiger partial charge is 0.217 e. The summed E-state index contributed by atoms with van der Waals surface area (Å²) in [5.74, 6) is 2.41. The number of hydrogen-bond donors (Lipinski definition) is 0. The standard InChI is InChI=1S/C17H22BrN3/c1-16(2,3)14-19-13(11-7-9-12(18)10-8-11)20-15(21-14)17(4,5)6/h7-10H,1-6H3. The third-order valence-corrected chi connectivity index (χ3v) is 3.61. The highest BCUT2D eigenvalue weighted by molar-refractivity contribution is 9.10. The van der Waals surface area contributed by atoms with Crippen LogP contribution in [0.2, 0.25) is 0 Å². The first kappa shape index (κ1) is 16.1. The molecule has 21 heavy (non-hydrogen) atoms. The maximum Gasteiger partial charge on any atom is 0.163 e. The smallest absolute Gasteiger partial charge is 0.163 e. The van der Waals surface area contributed by atoms with Gasteiger partial charge in [-0.15, -0.1) is 0 Å². The predicted molar refractivity (Wildman–Crippen MR) is 90.4 cm³/mol. The Labute approximate surface area is 135 Å². The lowest BCUT2D eigenvalue weighted by Gasteiger charge is -2.22. The third-order valence-electron chi connectivity index (χ3n) is 3.08. The summed E-state index contributed by atoms with van der Waals surface area (Å²) in [6.07, 6.45) is 0. The van der Waals surface area contributed by atoms with E-state index in [1.165, 1.54) is 0 Å². The zero-order valence-corrected chi connectivity index (χ0v) is 15.1. The van der Waals surface area contributed by atoms with E-state index in [1.807, 2.05) is 24.3 Å². The van der Waals surface area contributed by atoms with Crippen molar-refractivity contribution in [2.45, 2.75) is 52.4 Å². The molecule has 1 heterocycles. The predicted octanol–water partition coefficient (Wildman–Crippen LogP) is 4.90. The van der Waals surface area contributed by atoms with Crippen molar-refractivity contribution in [1.82, 2.24) is 15.0 Å². The lowest BCUT2D eigenvalue weighted by atomic mass is 9.93. The molecule has 0 aliphatic rings. The van der Waals surface area contributed by atoms with Crippen LogP contribution in [-0.4, -0.2) is 15.0 Å². The molecular weight excluding hydrogens is 326 g/mol. The van der Waals surface area contributed by atoms with Crippen molar-refractivity contribution in [3.63, 3.8) is 0 Å². The Balaban J connectivity index is 2.63. The van der Waals surface area contributed by atoms with Gasteiger partial charge in [0.2, 0.25) is 0 Å². The lowest BCUT2D eigenvalue weighted by molar-refractivity contribution is 0.497. The topological polar surface area (TPSA) is 38.7 Å². The van der Waals surface area contributed by atoms with Crippen LogP contribution in [0.1, 0.15) is 53.2 Å². The zero-order valence-electron chi connectivity index (χ0n) is 13.5. The van der Waals surface area contributed by atoms with Crippen LogP contribution in [0, 0.1) is 0 Å². The van der Waals surface area contributed by atoms with Crippen LogP contribution in [0.5, 0.6) is 0 Å². The Bertz CT molecular complexity index is 602. The fourth-order valence-corrected chi connectivity index (χ4v) is 2.04. The fraction of sp³-hybridized carbons (Fsp3) is 0.471. The Morgan fingerprint density at radius 3 is 1.52 bits per heavy atom. The summed E-state index contributed by atoms with van der Waals surface area (Å²) < 4.78 is 1.05. The van der Waals surface area contributed by atoms with Crippen LogP contribution >= 0.6 is 15.9 Å². The molecule has 4 heteroatoms. The lowest BCUT2D eigenvalue weighted by Crippen LogP contribution is -2.24. The Morgan fingerprint density at radius 2 is 1.14 bits per heavy atom. The van der Waals surface area contributed by atoms with Crippen molar-refractivity contribution in [3.8, 4) is 11.4 Å². The minimum absolute atomic E-state index is 0.104. The van der Waals surface area contributed by atoms with E-state index in [0.29, 0.717) is 0 Å². The van der Waals surface area contributed by atoms with Gasteiger partial charge in [-0.05, 0) is 12.1 Å². The summed E-state index contributed by atoms with van der Waals surface area (Å²) in [6.45, 7) is 12.8. The molecule has 2 rings (SSSR count). The van der Waals surface area contributed by atoms with E-state index < -0.39 is 0 Å². The first-order chi connectivity index (χ1) is 9.57. The Kier molecular flexibility index (Phi) is 4.20. The summed E-state index contributed by atoms with van der Waals surface area (Å²) in [4.78, 5) is 14.0. The number of nitrogens with zero attached hydrogens (tertiary/aromatic N) is 3. The Hall–Kier alpha value is -1.29. The summed E-state index contributed by atoms with van der Waals surface area (Å²) in [5, 5.41) is 0. The molecule has 1 aromatic heterocycles. The number of aromatic nitrogens is 3. The van der Waals surface area contributed by atoms with Gasteiger partial charge in [-0.25, -0.2) is 15.0 Å². The van der Waals surface area contributed by atoms with Gasteiger partial charge in [0.1, 0.15) is 11.6 Å². The molecule has 0 radical (unpaired) electrons. The highest BCUT2D eigenvalue weighted by Gasteiger charge is 2.25. The van der Waals surface area contributed by atoms with E-state index in [9.17, 15) is 0 Å². The van der Waals surface area contributed by atoms with Crippen LogP contribution in [-0.2, 0) is 10.8 Å². The van der Waals surface area contributed by atoms with Crippen molar-refractivity contribution in [2.24, 2.45) is 0 Å². The summed E-state index contributed by atoms with van der Waals surface area (Å²) in [7, 11) is 0. The van der Waals surface area contributed by atoms with Gasteiger partial charge < -0.3 is 0 Å². The molecule has 0 N–H and O–H groups in total. The Morgan fingerprint density at radius 1 is 0.714 bits per heavy atom. The van der Waals surface area contributed by atoms with Gasteiger partial charge in [0, 0.05) is 20.9 Å². The molecule has 0 atom stereocenters. The molecule has 0 aliphatic heterocycles. The molecule has 2 aromatic rings. The molecule has 0 unspecified atom stereocenters. The van der Waals surface area contributed by atoms with Crippen LogP contribution in [0.4, 0.5) is 0 Å². The van der Waals surface area contributed by atoms with E-state index in [2.05, 4.69) is 72.4 Å². The number of hydrogen-bond acceptors (Lipinski definition) is 3. The van der Waals surface area contributed by atoms with E-state index in [0.717, 1.165) is 27.5 Å². The molecule has 0 bridgehead atoms. The van der Waals surface area contributed by atoms with Crippen molar-refractivity contribution in [2.75, 3.05) is 0 Å². The molecule has 0 aliphatic carbocycles. The van der Waals surface area contributed by atoms with Crippen LogP contribution in [0.3, 0.4) is 0 Å². The van der Waals surface area contributed by atoms with Gasteiger partial charge >= 0.3 is 0 Å². The second kappa shape index (κ2) is 5.48. The first-order valence-corrected chi connectivity index (χ1v) is 7.89. The van der Waals surface area contributed by atoms with Crippen LogP contribution in [0.25, 0.3) is 11.4 Å². The average Bonchev–Trinajstić information content (AvgIpc) is 2.37. The van der Waals surface area contributed by atoms with Crippen molar-refractivity contribution in [1.29, 1.82) is 0 Å². The van der Waals surface area contributed by atoms with Crippen LogP contribution < -0.4 is 0 Å². The molecule has 1 aromatic carbocycles. The molecule has 0 saturated carbocycles. The number of benzene rings is 1. The SMILES string of the molecule is CC(C)(C)c1nc(-c2ccc(Br)cc2)nc(C(C)(C)C)n1. The molecule has 112 valence electrons. The minimum atomic E-state index is -0.104. The highest BCUT2D eigenvalue weighted by atomic mass is 79.9. The number of rotatable bonds is 1. The maximum absolute atomic E-state index is 4.69. The van der Waals surface area contributed by atoms with Gasteiger partial charge in [-0.2, -0.15) is 0 Å². The molecule has 0 spiro atoms. The summed E-state index contributed by atoms with van der Waals surface area (Å²) in [6, 6.07) is 8.07. The molecular formula is C17H22BrN3. The maximum atomic E-state index is 4.69. The normalized spacial score (nSPS) is 12.5. The van der Waals surface area contributed by atoms with E-state index in [4.69, 9.17) is 0 Å². The van der Waals surface area contributed by atoms with Gasteiger partial charge in [-0.3, -0.25) is 0 Å². The van der Waals surface area contributed by atoms with E-state index >= 15 is 0 Å². The molecule has 0 fully saturated rings. The fourth-order valence-electron chi connectivity index (χ4n) is 1.77. The summed E-state index contributed by atoms with van der Waals surface area (Å²) >= 11 is 3.46. The van der Waals surface area contributed by atoms with Crippen LogP contribution in [0.15, 0.2) is 28.7 Å². The monoisotopic (exact) mass is 347 g/mol. The third kappa shape index (κ3) is 3.88. The van der Waals surface area contributed by atoms with Gasteiger partial charge in [0.05, 0.1) is 0 Å². The van der Waals surface area contributed by atoms with E-state index in [1.54, 1.807) is 0 Å². The minimum Gasteiger partial charge on any atom is -0.217 e. The van der Waals surface area contributed by atoms with Gasteiger partial charge in [0.25, 0.3) is 0 Å². The van der Waals surface area contributed by atoms with Crippen molar-refractivity contribution < 1.29 is 0 Å². The second-order valence-electron chi connectivity index (χ2n) is 7.31. The summed E-state index contributed by atoms with van der Waals surface area (Å²) in [5.41, 5.74) is 0.803. The first-order valence-electron chi connectivity index (χ1n) is 7.10.